The number of fused-ring (bicyclic) bond motifs is 1. The van der Waals surface area contributed by atoms with E-state index in [1.165, 1.54) is 4.90 Å². The highest BCUT2D eigenvalue weighted by Crippen LogP contribution is 2.33. The first-order valence-corrected chi connectivity index (χ1v) is 10.1. The zero-order chi connectivity index (χ0) is 21.7. The Hall–Kier alpha value is -3.06. The Kier molecular flexibility index (Phi) is 6.95. The van der Waals surface area contributed by atoms with Gasteiger partial charge in [0, 0.05) is 22.6 Å². The smallest absolute Gasteiger partial charge is 0.244 e. The van der Waals surface area contributed by atoms with Crippen LogP contribution in [0, 0.1) is 0 Å². The number of nitrogens with one attached hydrogen (secondary N) is 1. The van der Waals surface area contributed by atoms with Crippen molar-refractivity contribution in [2.45, 2.75) is 6.42 Å². The van der Waals surface area contributed by atoms with Crippen molar-refractivity contribution >= 4 is 44.2 Å². The fourth-order valence-electron chi connectivity index (χ4n) is 3.16. The average molecular weight is 471 g/mol. The minimum absolute atomic E-state index is 0.0486. The van der Waals surface area contributed by atoms with E-state index < -0.39 is 0 Å². The van der Waals surface area contributed by atoms with Crippen molar-refractivity contribution < 1.29 is 19.1 Å². The van der Waals surface area contributed by atoms with Crippen LogP contribution in [0.1, 0.15) is 5.56 Å². The molecule has 0 radical (unpaired) electrons. The topological polar surface area (TPSA) is 67.9 Å². The van der Waals surface area contributed by atoms with Crippen LogP contribution >= 0.6 is 15.9 Å². The van der Waals surface area contributed by atoms with E-state index in [4.69, 9.17) is 9.47 Å². The number of hydrogen-bond donors (Lipinski definition) is 1. The van der Waals surface area contributed by atoms with Crippen LogP contribution in [0.15, 0.2) is 59.1 Å². The van der Waals surface area contributed by atoms with Crippen molar-refractivity contribution in [3.8, 4) is 11.5 Å². The molecule has 0 aromatic heterocycles. The number of likely N-dealkylation sites (N-methyl/N-ethyl adjacent to an activating group) is 1. The van der Waals surface area contributed by atoms with Gasteiger partial charge in [0.2, 0.25) is 11.8 Å². The Balaban J connectivity index is 1.66. The Morgan fingerprint density at radius 3 is 2.40 bits per heavy atom. The van der Waals surface area contributed by atoms with Crippen molar-refractivity contribution in [2.75, 3.05) is 33.1 Å². The zero-order valence-corrected chi connectivity index (χ0v) is 18.7. The Bertz CT molecular complexity index is 1080. The molecule has 7 heteroatoms. The number of nitrogens with zero attached hydrogens (tertiary/aromatic N) is 1. The summed E-state index contributed by atoms with van der Waals surface area (Å²) in [5.41, 5.74) is 1.47. The molecule has 0 saturated heterocycles. The summed E-state index contributed by atoms with van der Waals surface area (Å²) >= 11 is 3.46. The third-order valence-corrected chi connectivity index (χ3v) is 5.50. The number of methoxy groups -OCH3 is 2. The number of amides is 2. The fraction of sp³-hybridized carbons (Fsp3) is 0.217. The maximum absolute atomic E-state index is 12.7. The molecule has 0 fully saturated rings. The lowest BCUT2D eigenvalue weighted by molar-refractivity contribution is -0.132. The van der Waals surface area contributed by atoms with Gasteiger partial charge in [-0.2, -0.15) is 0 Å². The molecule has 156 valence electrons. The molecule has 0 atom stereocenters. The molecule has 3 rings (SSSR count). The number of carbonyl (C=O) groups is 2. The molecule has 3 aromatic carbocycles. The summed E-state index contributed by atoms with van der Waals surface area (Å²) < 4.78 is 11.3. The van der Waals surface area contributed by atoms with Gasteiger partial charge in [-0.3, -0.25) is 9.59 Å². The Morgan fingerprint density at radius 2 is 1.67 bits per heavy atom. The maximum atomic E-state index is 12.7. The summed E-state index contributed by atoms with van der Waals surface area (Å²) in [6, 6.07) is 17.1. The number of carbonyl (C=O) groups excluding carboxylic acids is 2. The summed E-state index contributed by atoms with van der Waals surface area (Å²) in [5, 5.41) is 4.90. The Labute approximate surface area is 183 Å². The first-order valence-electron chi connectivity index (χ1n) is 9.35. The molecule has 0 bridgehead atoms. The summed E-state index contributed by atoms with van der Waals surface area (Å²) in [5.74, 6) is 0.674. The van der Waals surface area contributed by atoms with Crippen LogP contribution in [0.2, 0.25) is 0 Å². The van der Waals surface area contributed by atoms with Gasteiger partial charge in [-0.05, 0) is 29.1 Å². The van der Waals surface area contributed by atoms with Crippen LogP contribution in [0.5, 0.6) is 11.5 Å². The van der Waals surface area contributed by atoms with E-state index >= 15 is 0 Å². The minimum Gasteiger partial charge on any atom is -0.493 e. The minimum atomic E-state index is -0.256. The first kappa shape index (κ1) is 21.6. The summed E-state index contributed by atoms with van der Waals surface area (Å²) in [6.07, 6.45) is 0.124. The molecule has 0 spiro atoms. The SMILES string of the molecule is COc1cc(Br)c(CC(=O)N(C)CC(=O)Nc2cccc3ccccc23)cc1OC. The van der Waals surface area contributed by atoms with Crippen LogP contribution < -0.4 is 14.8 Å². The highest BCUT2D eigenvalue weighted by molar-refractivity contribution is 9.10. The van der Waals surface area contributed by atoms with Crippen molar-refractivity contribution in [3.05, 3.63) is 64.6 Å². The van der Waals surface area contributed by atoms with Gasteiger partial charge in [-0.15, -0.1) is 0 Å². The van der Waals surface area contributed by atoms with Crippen LogP contribution in [0.4, 0.5) is 5.69 Å². The second kappa shape index (κ2) is 9.63. The second-order valence-corrected chi connectivity index (χ2v) is 7.65. The van der Waals surface area contributed by atoms with E-state index in [0.717, 1.165) is 26.5 Å². The number of hydrogen-bond acceptors (Lipinski definition) is 4. The molecule has 0 aliphatic carbocycles. The van der Waals surface area contributed by atoms with Crippen molar-refractivity contribution in [1.82, 2.24) is 4.90 Å². The summed E-state index contributed by atoms with van der Waals surface area (Å²) in [4.78, 5) is 26.6. The van der Waals surface area contributed by atoms with E-state index in [1.807, 2.05) is 42.5 Å². The molecular formula is C23H23BrN2O4. The van der Waals surface area contributed by atoms with Gasteiger partial charge in [0.1, 0.15) is 0 Å². The lowest BCUT2D eigenvalue weighted by atomic mass is 10.1. The van der Waals surface area contributed by atoms with Crippen LogP contribution in [-0.4, -0.2) is 44.5 Å². The lowest BCUT2D eigenvalue weighted by Gasteiger charge is -2.18. The third kappa shape index (κ3) is 4.91. The van der Waals surface area contributed by atoms with Gasteiger partial charge in [0.15, 0.2) is 11.5 Å². The molecule has 30 heavy (non-hydrogen) atoms. The van der Waals surface area contributed by atoms with Gasteiger partial charge >= 0.3 is 0 Å². The highest BCUT2D eigenvalue weighted by Gasteiger charge is 2.17. The first-order chi connectivity index (χ1) is 14.4. The number of rotatable bonds is 7. The standard InChI is InChI=1S/C23H23BrN2O4/c1-26(23(28)12-16-11-20(29-2)21(30-3)13-18(16)24)14-22(27)25-19-10-6-8-15-7-4-5-9-17(15)19/h4-11,13H,12,14H2,1-3H3,(H,25,27). The van der Waals surface area contributed by atoms with E-state index in [2.05, 4.69) is 21.2 Å². The van der Waals surface area contributed by atoms with Gasteiger partial charge < -0.3 is 19.7 Å². The zero-order valence-electron chi connectivity index (χ0n) is 17.1. The maximum Gasteiger partial charge on any atom is 0.244 e. The number of halogens is 1. The molecular weight excluding hydrogens is 448 g/mol. The third-order valence-electron chi connectivity index (χ3n) is 4.76. The number of anilines is 1. The molecule has 0 saturated carbocycles. The van der Waals surface area contributed by atoms with E-state index in [1.54, 1.807) is 33.4 Å². The molecule has 3 aromatic rings. The lowest BCUT2D eigenvalue weighted by Crippen LogP contribution is -2.35. The molecule has 0 heterocycles. The van der Waals surface area contributed by atoms with Gasteiger partial charge in [0.25, 0.3) is 0 Å². The number of ether oxygens (including phenoxy) is 2. The van der Waals surface area contributed by atoms with Gasteiger partial charge in [-0.1, -0.05) is 52.3 Å². The molecule has 1 N–H and O–H groups in total. The van der Waals surface area contributed by atoms with Crippen molar-refractivity contribution in [1.29, 1.82) is 0 Å². The average Bonchev–Trinajstić information content (AvgIpc) is 2.74. The molecule has 6 nitrogen and oxygen atoms in total. The monoisotopic (exact) mass is 470 g/mol. The summed E-state index contributed by atoms with van der Waals surface area (Å²) in [6.45, 7) is -0.0486. The van der Waals surface area contributed by atoms with Crippen molar-refractivity contribution in [2.24, 2.45) is 0 Å². The van der Waals surface area contributed by atoms with E-state index in [9.17, 15) is 9.59 Å². The quantitative estimate of drug-likeness (QED) is 0.559. The van der Waals surface area contributed by atoms with E-state index in [-0.39, 0.29) is 24.8 Å². The molecule has 2 amide bonds. The van der Waals surface area contributed by atoms with Crippen LogP contribution in [-0.2, 0) is 16.0 Å². The normalized spacial score (nSPS) is 10.5. The van der Waals surface area contributed by atoms with Crippen molar-refractivity contribution in [3.63, 3.8) is 0 Å². The fourth-order valence-corrected chi connectivity index (χ4v) is 3.62. The van der Waals surface area contributed by atoms with Crippen LogP contribution in [0.25, 0.3) is 10.8 Å². The summed E-state index contributed by atoms with van der Waals surface area (Å²) in [7, 11) is 4.71. The van der Waals surface area contributed by atoms with E-state index in [0.29, 0.717) is 11.5 Å². The molecule has 0 aliphatic rings. The Morgan fingerprint density at radius 1 is 1.00 bits per heavy atom. The highest BCUT2D eigenvalue weighted by atomic mass is 79.9. The number of benzene rings is 3. The molecule has 0 unspecified atom stereocenters. The molecule has 0 aliphatic heterocycles. The predicted octanol–water partition coefficient (Wildman–Crippen LogP) is 4.26. The van der Waals surface area contributed by atoms with Gasteiger partial charge in [0.05, 0.1) is 27.2 Å². The largest absolute Gasteiger partial charge is 0.493 e. The van der Waals surface area contributed by atoms with Crippen LogP contribution in [0.3, 0.4) is 0 Å². The second-order valence-electron chi connectivity index (χ2n) is 6.80. The predicted molar refractivity (Wildman–Crippen MR) is 121 cm³/mol. The van der Waals surface area contributed by atoms with Gasteiger partial charge in [-0.25, -0.2) is 0 Å².